The van der Waals surface area contributed by atoms with Crippen LogP contribution in [0, 0.1) is 10.4 Å². The lowest BCUT2D eigenvalue weighted by Gasteiger charge is -2.02. The fourth-order valence-corrected chi connectivity index (χ4v) is 2.62. The lowest BCUT2D eigenvalue weighted by atomic mass is 10.1. The monoisotopic (exact) mass is 367 g/mol. The maximum atomic E-state index is 5.73. The Hall–Kier alpha value is -1.29. The van der Waals surface area contributed by atoms with Gasteiger partial charge in [0.1, 0.15) is 12.0 Å². The van der Waals surface area contributed by atoms with Gasteiger partial charge in [-0.15, -0.1) is 0 Å². The molecule has 0 spiro atoms. The fraction of sp³-hybridized carbons (Fsp3) is 0. The Bertz CT molecular complexity index is 843. The Morgan fingerprint density at radius 2 is 1.75 bits per heavy atom. The minimum Gasteiger partial charge on any atom is -0.436 e. The molecule has 0 aliphatic heterocycles. The van der Waals surface area contributed by atoms with Gasteiger partial charge in [-0.05, 0) is 40.2 Å². The molecule has 2 nitrogen and oxygen atoms in total. The number of oxazole rings is 1. The molecule has 5 heteroatoms. The highest BCUT2D eigenvalue weighted by molar-refractivity contribution is 9.10. The minimum absolute atomic E-state index is 0.143. The Morgan fingerprint density at radius 1 is 1.00 bits per heavy atom. The van der Waals surface area contributed by atoms with Crippen molar-refractivity contribution in [3.8, 4) is 11.3 Å². The summed E-state index contributed by atoms with van der Waals surface area (Å²) in [6.45, 7) is 0. The zero-order valence-electron chi connectivity index (χ0n) is 10.1. The summed E-state index contributed by atoms with van der Waals surface area (Å²) in [6, 6.07) is 13.6. The summed E-state index contributed by atoms with van der Waals surface area (Å²) in [5.41, 5.74) is 1.64. The van der Waals surface area contributed by atoms with Gasteiger partial charge in [-0.2, -0.15) is 4.98 Å². The van der Waals surface area contributed by atoms with Gasteiger partial charge in [0, 0.05) is 15.1 Å². The van der Waals surface area contributed by atoms with Gasteiger partial charge in [-0.3, -0.25) is 0 Å². The molecular formula is C15H8BrCl2NO. The van der Waals surface area contributed by atoms with E-state index in [1.54, 1.807) is 12.1 Å². The standard InChI is InChI=1S/C9H5Cl2NO.C6H3Br/c10-7-3-1-6(2-4-7)8-5-13-9(11)12-8;7-6-3-4-1-2-5(4)6/h1-5H;1-3H. The SMILES string of the molecule is Brc1cc2ccc1=2.Clc1ccc(-c2coc(Cl)n2)cc1. The Labute approximate surface area is 133 Å². The number of hydrogen-bond donors (Lipinski definition) is 0. The van der Waals surface area contributed by atoms with Crippen LogP contribution in [0.5, 0.6) is 0 Å². The first-order valence-electron chi connectivity index (χ1n) is 5.80. The van der Waals surface area contributed by atoms with Crippen molar-refractivity contribution in [1.29, 1.82) is 0 Å². The smallest absolute Gasteiger partial charge is 0.292 e. The quantitative estimate of drug-likeness (QED) is 0.430. The van der Waals surface area contributed by atoms with E-state index >= 15 is 0 Å². The van der Waals surface area contributed by atoms with Crippen LogP contribution in [0.2, 0.25) is 10.4 Å². The summed E-state index contributed by atoms with van der Waals surface area (Å²) in [5.74, 6) is 0. The van der Waals surface area contributed by atoms with Crippen molar-refractivity contribution in [3.63, 3.8) is 0 Å². The molecular weight excluding hydrogens is 361 g/mol. The zero-order valence-corrected chi connectivity index (χ0v) is 13.2. The van der Waals surface area contributed by atoms with Crippen LogP contribution in [0.4, 0.5) is 0 Å². The predicted molar refractivity (Wildman–Crippen MR) is 83.8 cm³/mol. The minimum atomic E-state index is 0.143. The number of halogens is 3. The van der Waals surface area contributed by atoms with Crippen LogP contribution >= 0.6 is 39.1 Å². The molecule has 100 valence electrons. The van der Waals surface area contributed by atoms with Gasteiger partial charge in [-0.1, -0.05) is 51.8 Å². The first-order valence-corrected chi connectivity index (χ1v) is 7.35. The van der Waals surface area contributed by atoms with E-state index in [0.717, 1.165) is 5.56 Å². The van der Waals surface area contributed by atoms with Crippen molar-refractivity contribution in [2.75, 3.05) is 0 Å². The molecule has 0 saturated carbocycles. The van der Waals surface area contributed by atoms with Crippen molar-refractivity contribution < 1.29 is 4.42 Å². The third-order valence-corrected chi connectivity index (χ3v) is 3.98. The third-order valence-electron chi connectivity index (χ3n) is 2.90. The number of hydrogen-bond acceptors (Lipinski definition) is 2. The number of aromatic nitrogens is 1. The molecule has 0 N–H and O–H groups in total. The second-order valence-corrected chi connectivity index (χ2v) is 5.80. The normalized spacial score (nSPS) is 10.8. The van der Waals surface area contributed by atoms with Crippen LogP contribution in [0.1, 0.15) is 0 Å². The second kappa shape index (κ2) is 5.60. The molecule has 0 amide bonds. The molecule has 0 bridgehead atoms. The molecule has 2 aliphatic rings. The average molecular weight is 369 g/mol. The van der Waals surface area contributed by atoms with Gasteiger partial charge in [0.25, 0.3) is 5.35 Å². The largest absolute Gasteiger partial charge is 0.436 e. The highest BCUT2D eigenvalue weighted by Gasteiger charge is 2.03. The van der Waals surface area contributed by atoms with Crippen LogP contribution in [0.25, 0.3) is 11.3 Å². The van der Waals surface area contributed by atoms with Gasteiger partial charge >= 0.3 is 0 Å². The van der Waals surface area contributed by atoms with Crippen LogP contribution in [0.3, 0.4) is 0 Å². The van der Waals surface area contributed by atoms with E-state index in [2.05, 4.69) is 39.1 Å². The highest BCUT2D eigenvalue weighted by atomic mass is 79.9. The van der Waals surface area contributed by atoms with Crippen molar-refractivity contribution in [1.82, 2.24) is 4.98 Å². The van der Waals surface area contributed by atoms with E-state index in [1.807, 2.05) is 12.1 Å². The Kier molecular flexibility index (Phi) is 3.83. The first-order chi connectivity index (χ1) is 9.63. The van der Waals surface area contributed by atoms with E-state index in [0.29, 0.717) is 10.7 Å². The van der Waals surface area contributed by atoms with Crippen molar-refractivity contribution in [3.05, 3.63) is 74.0 Å². The summed E-state index contributed by atoms with van der Waals surface area (Å²) >= 11 is 14.6. The van der Waals surface area contributed by atoms with Crippen molar-refractivity contribution in [2.45, 2.75) is 0 Å². The molecule has 1 aromatic carbocycles. The van der Waals surface area contributed by atoms with Crippen molar-refractivity contribution >= 4 is 39.1 Å². The predicted octanol–water partition coefficient (Wildman–Crippen LogP) is 5.70. The van der Waals surface area contributed by atoms with Gasteiger partial charge in [-0.25, -0.2) is 0 Å². The fourth-order valence-electron chi connectivity index (χ4n) is 1.75. The third kappa shape index (κ3) is 2.75. The lowest BCUT2D eigenvalue weighted by molar-refractivity contribution is 0.560. The Balaban J connectivity index is 0.000000144. The average Bonchev–Trinajstić information content (AvgIpc) is 2.84. The van der Waals surface area contributed by atoms with E-state index in [1.165, 1.54) is 21.2 Å². The molecule has 0 unspecified atom stereocenters. The van der Waals surface area contributed by atoms with Crippen LogP contribution in [-0.4, -0.2) is 4.98 Å². The molecule has 0 radical (unpaired) electrons. The molecule has 2 aliphatic carbocycles. The lowest BCUT2D eigenvalue weighted by Crippen LogP contribution is -1.85. The van der Waals surface area contributed by atoms with E-state index in [9.17, 15) is 0 Å². The summed E-state index contributed by atoms with van der Waals surface area (Å²) in [6.07, 6.45) is 1.51. The van der Waals surface area contributed by atoms with Crippen molar-refractivity contribution in [2.24, 2.45) is 0 Å². The molecule has 0 saturated heterocycles. The van der Waals surface area contributed by atoms with Gasteiger partial charge in [0.15, 0.2) is 0 Å². The topological polar surface area (TPSA) is 26.0 Å². The highest BCUT2D eigenvalue weighted by Crippen LogP contribution is 2.22. The summed E-state index contributed by atoms with van der Waals surface area (Å²) in [4.78, 5) is 3.97. The maximum absolute atomic E-state index is 5.73. The molecule has 0 fully saturated rings. The summed E-state index contributed by atoms with van der Waals surface area (Å²) < 4.78 is 6.13. The van der Waals surface area contributed by atoms with Gasteiger partial charge in [0.2, 0.25) is 0 Å². The van der Waals surface area contributed by atoms with E-state index in [-0.39, 0.29) is 5.35 Å². The van der Waals surface area contributed by atoms with E-state index < -0.39 is 0 Å². The number of rotatable bonds is 1. The van der Waals surface area contributed by atoms with Crippen LogP contribution in [0.15, 0.2) is 57.6 Å². The number of nitrogens with zero attached hydrogens (tertiary/aromatic N) is 1. The Morgan fingerprint density at radius 3 is 2.10 bits per heavy atom. The molecule has 4 rings (SSSR count). The first kappa shape index (κ1) is 13.7. The summed E-state index contributed by atoms with van der Waals surface area (Å²) in [7, 11) is 0. The second-order valence-electron chi connectivity index (χ2n) is 4.19. The van der Waals surface area contributed by atoms with E-state index in [4.69, 9.17) is 27.6 Å². The number of benzene rings is 2. The van der Waals surface area contributed by atoms with Crippen LogP contribution < -0.4 is 0 Å². The zero-order chi connectivity index (χ0) is 14.1. The maximum Gasteiger partial charge on any atom is 0.292 e. The summed E-state index contributed by atoms with van der Waals surface area (Å²) in [5, 5.41) is 3.62. The molecule has 0 atom stereocenters. The van der Waals surface area contributed by atoms with Gasteiger partial charge in [0.05, 0.1) is 0 Å². The van der Waals surface area contributed by atoms with Crippen LogP contribution in [-0.2, 0) is 0 Å². The molecule has 1 aromatic heterocycles. The molecule has 1 heterocycles. The van der Waals surface area contributed by atoms with Gasteiger partial charge < -0.3 is 4.42 Å². The molecule has 2 aromatic rings. The molecule has 20 heavy (non-hydrogen) atoms.